The molecule has 79 heavy (non-hydrogen) atoms. The lowest BCUT2D eigenvalue weighted by Gasteiger charge is -2.48. The number of benzene rings is 8. The van der Waals surface area contributed by atoms with Crippen LogP contribution in [0.25, 0.3) is 33.1 Å². The third-order valence-electron chi connectivity index (χ3n) is 18.4. The third kappa shape index (κ3) is 8.15. The molecule has 4 aliphatic rings. The monoisotopic (exact) mass is 1030 g/mol. The van der Waals surface area contributed by atoms with Crippen LogP contribution >= 0.6 is 0 Å². The van der Waals surface area contributed by atoms with Crippen molar-refractivity contribution >= 4 is 90.5 Å². The van der Waals surface area contributed by atoms with Crippen LogP contribution < -0.4 is 31.1 Å². The fourth-order valence-corrected chi connectivity index (χ4v) is 14.1. The number of anilines is 8. The van der Waals surface area contributed by atoms with Crippen molar-refractivity contribution < 1.29 is 4.42 Å². The van der Waals surface area contributed by atoms with E-state index in [4.69, 9.17) is 4.42 Å². The Morgan fingerprint density at radius 3 is 1.71 bits per heavy atom. The highest BCUT2D eigenvalue weighted by atomic mass is 16.3. The molecule has 0 unspecified atom stereocenters. The lowest BCUT2D eigenvalue weighted by molar-refractivity contribution is 0.332. The topological polar surface area (TPSA) is 22.9 Å². The maximum absolute atomic E-state index is 6.70. The van der Waals surface area contributed by atoms with Crippen molar-refractivity contribution in [3.05, 3.63) is 208 Å². The Balaban J connectivity index is 1.13. The number of fused-ring (bicyclic) bond motifs is 8. The third-order valence-corrected chi connectivity index (χ3v) is 18.4. The molecular weight excluding hydrogens is 958 g/mol. The zero-order valence-corrected chi connectivity index (χ0v) is 49.2. The van der Waals surface area contributed by atoms with Gasteiger partial charge >= 0.3 is 0 Å². The Morgan fingerprint density at radius 2 is 1.09 bits per heavy atom. The predicted octanol–water partition coefficient (Wildman–Crippen LogP) is 18.9. The molecule has 0 saturated heterocycles. The normalized spacial score (nSPS) is 16.2. The van der Waals surface area contributed by atoms with Crippen LogP contribution in [-0.2, 0) is 21.7 Å². The van der Waals surface area contributed by atoms with Gasteiger partial charge in [-0.1, -0.05) is 160 Å². The van der Waals surface area contributed by atoms with E-state index in [2.05, 4.69) is 269 Å². The molecule has 0 spiro atoms. The molecule has 13 rings (SSSR count). The molecule has 0 N–H and O–H groups in total. The number of hydrogen-bond donors (Lipinski definition) is 0. The van der Waals surface area contributed by atoms with Gasteiger partial charge in [-0.05, 0) is 208 Å². The summed E-state index contributed by atoms with van der Waals surface area (Å²) >= 11 is 0. The van der Waals surface area contributed by atoms with E-state index < -0.39 is 0 Å². The zero-order chi connectivity index (χ0) is 55.2. The van der Waals surface area contributed by atoms with Crippen LogP contribution in [-0.4, -0.2) is 6.71 Å². The molecule has 5 heteroatoms. The van der Waals surface area contributed by atoms with Crippen molar-refractivity contribution in [3.8, 4) is 11.1 Å². The lowest BCUT2D eigenvalue weighted by Crippen LogP contribution is -2.62. The van der Waals surface area contributed by atoms with Gasteiger partial charge in [0.2, 0.25) is 0 Å². The standard InChI is InChI=1S/C74H76BN3O/c1-45-36-49(55-29-23-30-57-56-28-21-22-31-66(56)79-70(55)57)37-46(2)68(45)78-63-44-59-58(73(11,12)34-35-74(59,13)14)43-61(63)75-60-33-32-54(76(52-24-17-15-18-25-52)53-26-19-16-20-27-53)42-62(60)77(64-40-51(72(8,9)10)41-65(78)67(64)75)69-47(3)38-50(39-48(69)4)71(5,6)7/h15,17-19,21-33,36-44H,16,20,34-35H2,1-14H3. The first-order chi connectivity index (χ1) is 37.6. The van der Waals surface area contributed by atoms with Gasteiger partial charge in [0, 0.05) is 56.2 Å². The van der Waals surface area contributed by atoms with Crippen LogP contribution in [0.5, 0.6) is 0 Å². The summed E-state index contributed by atoms with van der Waals surface area (Å²) in [7, 11) is 0. The number of aryl methyl sites for hydroxylation is 4. The highest BCUT2D eigenvalue weighted by Gasteiger charge is 2.48. The molecule has 4 nitrogen and oxygen atoms in total. The Labute approximate surface area is 470 Å². The van der Waals surface area contributed by atoms with Gasteiger partial charge in [0.15, 0.2) is 0 Å². The van der Waals surface area contributed by atoms with E-state index >= 15 is 0 Å². The fourth-order valence-electron chi connectivity index (χ4n) is 14.1. The predicted molar refractivity (Wildman–Crippen MR) is 340 cm³/mol. The van der Waals surface area contributed by atoms with Crippen LogP contribution in [0.2, 0.25) is 0 Å². The van der Waals surface area contributed by atoms with Gasteiger partial charge in [-0.25, -0.2) is 0 Å². The first-order valence-corrected chi connectivity index (χ1v) is 29.1. The molecule has 1 aromatic heterocycles. The summed E-state index contributed by atoms with van der Waals surface area (Å²) in [6.45, 7) is 33.4. The van der Waals surface area contributed by atoms with Crippen LogP contribution in [0.4, 0.5) is 45.5 Å². The minimum atomic E-state index is -0.175. The molecule has 0 bridgehead atoms. The van der Waals surface area contributed by atoms with Gasteiger partial charge in [0.1, 0.15) is 11.2 Å². The quantitative estimate of drug-likeness (QED) is 0.155. The summed E-state index contributed by atoms with van der Waals surface area (Å²) in [5.74, 6) is 0. The number of rotatable bonds is 6. The van der Waals surface area contributed by atoms with E-state index in [0.29, 0.717) is 0 Å². The van der Waals surface area contributed by atoms with Crippen LogP contribution in [0, 0.1) is 27.7 Å². The van der Waals surface area contributed by atoms with E-state index in [0.717, 1.165) is 64.6 Å². The number of hydrogen-bond acceptors (Lipinski definition) is 4. The number of nitrogens with zero attached hydrogens (tertiary/aromatic N) is 3. The van der Waals surface area contributed by atoms with Crippen molar-refractivity contribution in [2.45, 2.75) is 144 Å². The summed E-state index contributed by atoms with van der Waals surface area (Å²) in [5, 5.41) is 2.30. The van der Waals surface area contributed by atoms with Gasteiger partial charge in [-0.15, -0.1) is 0 Å². The molecule has 0 radical (unpaired) electrons. The van der Waals surface area contributed by atoms with E-state index in [1.807, 2.05) is 0 Å². The molecular formula is C74H76BN3O. The zero-order valence-electron chi connectivity index (χ0n) is 49.2. The molecule has 2 aliphatic carbocycles. The largest absolute Gasteiger partial charge is 0.455 e. The highest BCUT2D eigenvalue weighted by molar-refractivity contribution is 7.00. The summed E-state index contributed by atoms with van der Waals surface area (Å²) < 4.78 is 6.70. The summed E-state index contributed by atoms with van der Waals surface area (Å²) in [5.41, 5.74) is 29.7. The summed E-state index contributed by atoms with van der Waals surface area (Å²) in [6.07, 6.45) is 11.4. The molecule has 0 amide bonds. The average molecular weight is 1030 g/mol. The molecule has 0 fully saturated rings. The SMILES string of the molecule is Cc1cc(C(C)(C)C)cc(C)c1N1c2cc(N(C3=CCCC=C3)c3ccccc3)ccc2B2c3cc4c(cc3N(c3c(C)cc(-c5cccc6c5oc5ccccc56)cc3C)c3cc(C(C)(C)C)cc1c32)C(C)(C)CCC4(C)C. The van der Waals surface area contributed by atoms with Gasteiger partial charge < -0.3 is 19.1 Å². The first-order valence-electron chi connectivity index (χ1n) is 29.1. The van der Waals surface area contributed by atoms with Crippen molar-refractivity contribution in [1.29, 1.82) is 0 Å². The van der Waals surface area contributed by atoms with Gasteiger partial charge in [0.05, 0.1) is 11.4 Å². The van der Waals surface area contributed by atoms with E-state index in [9.17, 15) is 0 Å². The molecule has 3 heterocycles. The van der Waals surface area contributed by atoms with Crippen molar-refractivity contribution in [1.82, 2.24) is 0 Å². The van der Waals surface area contributed by atoms with Crippen LogP contribution in [0.3, 0.4) is 0 Å². The Bertz CT molecular complexity index is 4010. The van der Waals surface area contributed by atoms with E-state index in [1.54, 1.807) is 0 Å². The number of allylic oxidation sites excluding steroid dienone is 3. The maximum atomic E-state index is 6.70. The van der Waals surface area contributed by atoms with Crippen molar-refractivity contribution in [2.75, 3.05) is 14.7 Å². The summed E-state index contributed by atoms with van der Waals surface area (Å²) in [4.78, 5) is 7.89. The smallest absolute Gasteiger partial charge is 0.252 e. The van der Waals surface area contributed by atoms with Gasteiger partial charge in [-0.3, -0.25) is 0 Å². The second-order valence-electron chi connectivity index (χ2n) is 27.0. The van der Waals surface area contributed by atoms with Gasteiger partial charge in [0.25, 0.3) is 6.71 Å². The minimum Gasteiger partial charge on any atom is -0.455 e. The highest BCUT2D eigenvalue weighted by Crippen LogP contribution is 2.54. The molecule has 2 aliphatic heterocycles. The van der Waals surface area contributed by atoms with Crippen molar-refractivity contribution in [3.63, 3.8) is 0 Å². The van der Waals surface area contributed by atoms with E-state index in [1.165, 1.54) is 106 Å². The lowest BCUT2D eigenvalue weighted by atomic mass is 9.33. The molecule has 396 valence electrons. The minimum absolute atomic E-state index is 0.00288. The second kappa shape index (κ2) is 18.0. The van der Waals surface area contributed by atoms with Crippen LogP contribution in [0.15, 0.2) is 168 Å². The second-order valence-corrected chi connectivity index (χ2v) is 27.0. The maximum Gasteiger partial charge on any atom is 0.252 e. The molecule has 0 saturated carbocycles. The Hall–Kier alpha value is -7.50. The molecule has 8 aromatic carbocycles. The molecule has 0 atom stereocenters. The average Bonchev–Trinajstić information content (AvgIpc) is 3.77. The van der Waals surface area contributed by atoms with Crippen LogP contribution in [0.1, 0.15) is 139 Å². The number of furan rings is 1. The Kier molecular flexibility index (Phi) is 11.6. The van der Waals surface area contributed by atoms with E-state index in [-0.39, 0.29) is 28.4 Å². The fraction of sp³-hybridized carbons (Fsp3) is 0.297. The van der Waals surface area contributed by atoms with Crippen molar-refractivity contribution in [2.24, 2.45) is 0 Å². The summed E-state index contributed by atoms with van der Waals surface area (Å²) in [6, 6.07) is 53.7. The first kappa shape index (κ1) is 51.0. The molecule has 9 aromatic rings. The number of para-hydroxylation sites is 3. The van der Waals surface area contributed by atoms with Gasteiger partial charge in [-0.2, -0.15) is 0 Å². The Morgan fingerprint density at radius 1 is 0.519 bits per heavy atom.